The predicted molar refractivity (Wildman–Crippen MR) is 75.2 cm³/mol. The van der Waals surface area contributed by atoms with Gasteiger partial charge in [0.05, 0.1) is 18.4 Å². The Hall–Kier alpha value is -2.24. The van der Waals surface area contributed by atoms with E-state index in [1.165, 1.54) is 18.6 Å². The smallest absolute Gasteiger partial charge is 0.269 e. The molecule has 1 heterocycles. The second-order valence-electron chi connectivity index (χ2n) is 5.25. The summed E-state index contributed by atoms with van der Waals surface area (Å²) in [6.07, 6.45) is 4.96. The van der Waals surface area contributed by atoms with E-state index in [0.717, 1.165) is 29.7 Å². The van der Waals surface area contributed by atoms with Crippen LogP contribution in [0.1, 0.15) is 24.8 Å². The molecule has 2 aromatic rings. The Kier molecular flexibility index (Phi) is 3.68. The number of rotatable bonds is 4. The first-order valence-electron chi connectivity index (χ1n) is 6.89. The number of hydrogen-bond donors (Lipinski definition) is 1. The van der Waals surface area contributed by atoms with E-state index in [1.54, 1.807) is 6.20 Å². The molecule has 0 bridgehead atoms. The molecule has 0 spiro atoms. The van der Waals surface area contributed by atoms with E-state index in [0.29, 0.717) is 11.7 Å². The Labute approximate surface area is 120 Å². The summed E-state index contributed by atoms with van der Waals surface area (Å²) in [6, 6.07) is 5.14. The van der Waals surface area contributed by atoms with E-state index in [-0.39, 0.29) is 17.7 Å². The minimum Gasteiger partial charge on any atom is -0.381 e. The third-order valence-electron chi connectivity index (χ3n) is 3.68. The fraction of sp³-hybridized carbons (Fsp3) is 0.333. The largest absolute Gasteiger partial charge is 0.381 e. The highest BCUT2D eigenvalue weighted by Crippen LogP contribution is 2.22. The second-order valence-corrected chi connectivity index (χ2v) is 5.25. The van der Waals surface area contributed by atoms with Crippen LogP contribution in [-0.2, 0) is 6.54 Å². The normalized spacial score (nSPS) is 14.8. The van der Waals surface area contributed by atoms with Crippen LogP contribution in [0.15, 0.2) is 35.3 Å². The first-order chi connectivity index (χ1) is 10.1. The highest BCUT2D eigenvalue weighted by molar-refractivity contribution is 5.40. The van der Waals surface area contributed by atoms with E-state index >= 15 is 0 Å². The fourth-order valence-corrected chi connectivity index (χ4v) is 2.23. The topological polar surface area (TPSA) is 46.9 Å². The molecule has 110 valence electrons. The summed E-state index contributed by atoms with van der Waals surface area (Å²) in [6.45, 7) is -0.0192. The predicted octanol–water partition coefficient (Wildman–Crippen LogP) is 2.53. The van der Waals surface area contributed by atoms with Gasteiger partial charge in [0, 0.05) is 23.7 Å². The van der Waals surface area contributed by atoms with Gasteiger partial charge in [-0.15, -0.1) is 0 Å². The lowest BCUT2D eigenvalue weighted by molar-refractivity contribution is 0.445. The zero-order valence-electron chi connectivity index (χ0n) is 11.4. The maximum absolute atomic E-state index is 13.6. The first-order valence-corrected chi connectivity index (χ1v) is 6.89. The van der Waals surface area contributed by atoms with E-state index in [9.17, 15) is 13.6 Å². The maximum atomic E-state index is 13.6. The highest BCUT2D eigenvalue weighted by atomic mass is 19.1. The van der Waals surface area contributed by atoms with Gasteiger partial charge >= 0.3 is 0 Å². The second kappa shape index (κ2) is 5.63. The molecule has 3 rings (SSSR count). The molecule has 1 N–H and O–H groups in total. The number of nitrogens with zero attached hydrogens (tertiary/aromatic N) is 2. The van der Waals surface area contributed by atoms with Crippen LogP contribution in [0.25, 0.3) is 0 Å². The molecule has 0 aliphatic heterocycles. The van der Waals surface area contributed by atoms with E-state index < -0.39 is 11.6 Å². The molecule has 1 aromatic heterocycles. The van der Waals surface area contributed by atoms with Crippen LogP contribution in [0.3, 0.4) is 0 Å². The molecule has 0 amide bonds. The molecule has 21 heavy (non-hydrogen) atoms. The van der Waals surface area contributed by atoms with Crippen molar-refractivity contribution >= 4 is 5.69 Å². The number of nitrogens with one attached hydrogen (secondary N) is 1. The van der Waals surface area contributed by atoms with Gasteiger partial charge in [-0.1, -0.05) is 6.07 Å². The van der Waals surface area contributed by atoms with Gasteiger partial charge in [-0.25, -0.2) is 13.5 Å². The summed E-state index contributed by atoms with van der Waals surface area (Å²) in [5.74, 6) is -1.32. The van der Waals surface area contributed by atoms with Crippen molar-refractivity contribution in [3.63, 3.8) is 0 Å². The summed E-state index contributed by atoms with van der Waals surface area (Å²) in [5.41, 5.74) is 0.592. The number of hydrogen-bond acceptors (Lipinski definition) is 3. The van der Waals surface area contributed by atoms with Crippen LogP contribution in [0.5, 0.6) is 0 Å². The average Bonchev–Trinajstić information content (AvgIpc) is 2.39. The third kappa shape index (κ3) is 3.09. The zero-order valence-corrected chi connectivity index (χ0v) is 11.4. The number of benzene rings is 1. The molecule has 0 atom stereocenters. The lowest BCUT2D eigenvalue weighted by Crippen LogP contribution is -2.29. The molecule has 6 heteroatoms. The molecular weight excluding hydrogens is 276 g/mol. The van der Waals surface area contributed by atoms with Crippen molar-refractivity contribution in [1.29, 1.82) is 0 Å². The summed E-state index contributed by atoms with van der Waals surface area (Å²) in [5, 5.41) is 7.26. The number of aromatic nitrogens is 2. The van der Waals surface area contributed by atoms with Gasteiger partial charge in [0.1, 0.15) is 11.6 Å². The molecule has 1 fully saturated rings. The maximum Gasteiger partial charge on any atom is 0.269 e. The van der Waals surface area contributed by atoms with Gasteiger partial charge in [-0.3, -0.25) is 4.79 Å². The van der Waals surface area contributed by atoms with Gasteiger partial charge in [0.25, 0.3) is 5.56 Å². The van der Waals surface area contributed by atoms with Crippen LogP contribution in [0, 0.1) is 11.6 Å². The van der Waals surface area contributed by atoms with E-state index in [4.69, 9.17) is 0 Å². The van der Waals surface area contributed by atoms with Crippen LogP contribution >= 0.6 is 0 Å². The van der Waals surface area contributed by atoms with Gasteiger partial charge in [-0.05, 0) is 25.3 Å². The molecule has 1 aliphatic carbocycles. The quantitative estimate of drug-likeness (QED) is 0.941. The summed E-state index contributed by atoms with van der Waals surface area (Å²) >= 11 is 0. The van der Waals surface area contributed by atoms with Crippen molar-refractivity contribution in [2.45, 2.75) is 31.8 Å². The first kappa shape index (κ1) is 13.7. The van der Waals surface area contributed by atoms with E-state index in [2.05, 4.69) is 10.4 Å². The summed E-state index contributed by atoms with van der Waals surface area (Å²) in [7, 11) is 0. The van der Waals surface area contributed by atoms with Gasteiger partial charge in [0.2, 0.25) is 0 Å². The summed E-state index contributed by atoms with van der Waals surface area (Å²) < 4.78 is 27.6. The molecule has 4 nitrogen and oxygen atoms in total. The van der Waals surface area contributed by atoms with Crippen LogP contribution in [0.2, 0.25) is 0 Å². The Balaban J connectivity index is 1.77. The molecule has 0 radical (unpaired) electrons. The SMILES string of the molecule is O=c1cc(NC2CCC2)cnn1Cc1ccc(F)cc1F. The fourth-order valence-electron chi connectivity index (χ4n) is 2.23. The van der Waals surface area contributed by atoms with Crippen LogP contribution in [0.4, 0.5) is 14.5 Å². The summed E-state index contributed by atoms with van der Waals surface area (Å²) in [4.78, 5) is 12.0. The lowest BCUT2D eigenvalue weighted by Gasteiger charge is -2.27. The Bertz CT molecular complexity index is 710. The molecule has 0 saturated heterocycles. The average molecular weight is 291 g/mol. The van der Waals surface area contributed by atoms with Crippen molar-refractivity contribution in [3.05, 3.63) is 58.0 Å². The monoisotopic (exact) mass is 291 g/mol. The van der Waals surface area contributed by atoms with Crippen LogP contribution < -0.4 is 10.9 Å². The van der Waals surface area contributed by atoms with Crippen LogP contribution in [-0.4, -0.2) is 15.8 Å². The highest BCUT2D eigenvalue weighted by Gasteiger charge is 2.17. The molecule has 0 unspecified atom stereocenters. The zero-order chi connectivity index (χ0) is 14.8. The van der Waals surface area contributed by atoms with Gasteiger partial charge < -0.3 is 5.32 Å². The van der Waals surface area contributed by atoms with Crippen molar-refractivity contribution in [2.24, 2.45) is 0 Å². The Morgan fingerprint density at radius 2 is 2.10 bits per heavy atom. The molecule has 1 aliphatic rings. The van der Waals surface area contributed by atoms with Crippen molar-refractivity contribution in [1.82, 2.24) is 9.78 Å². The van der Waals surface area contributed by atoms with Crippen molar-refractivity contribution in [3.8, 4) is 0 Å². The Morgan fingerprint density at radius 1 is 1.29 bits per heavy atom. The standard InChI is InChI=1S/C15H15F2N3O/c16-11-5-4-10(14(17)6-11)9-20-15(21)7-13(8-18-20)19-12-2-1-3-12/h4-8,12,19H,1-3,9H2. The minimum atomic E-state index is -0.680. The third-order valence-corrected chi connectivity index (χ3v) is 3.68. The molecular formula is C15H15F2N3O. The minimum absolute atomic E-state index is 0.0192. The van der Waals surface area contributed by atoms with E-state index in [1.807, 2.05) is 0 Å². The molecule has 1 aromatic carbocycles. The van der Waals surface area contributed by atoms with Gasteiger partial charge in [0.15, 0.2) is 0 Å². The Morgan fingerprint density at radius 3 is 2.71 bits per heavy atom. The van der Waals surface area contributed by atoms with Crippen molar-refractivity contribution < 1.29 is 8.78 Å². The molecule has 1 saturated carbocycles. The lowest BCUT2D eigenvalue weighted by atomic mass is 9.93. The number of anilines is 1. The number of halogens is 2. The van der Waals surface area contributed by atoms with Crippen molar-refractivity contribution in [2.75, 3.05) is 5.32 Å². The van der Waals surface area contributed by atoms with Gasteiger partial charge in [-0.2, -0.15) is 5.10 Å².